The molecule has 0 aliphatic carbocycles. The van der Waals surface area contributed by atoms with E-state index in [-0.39, 0.29) is 5.57 Å². The summed E-state index contributed by atoms with van der Waals surface area (Å²) in [4.78, 5) is 13.0. The third kappa shape index (κ3) is 4.54. The third-order valence-corrected chi connectivity index (χ3v) is 4.08. The smallest absolute Gasteiger partial charge is 0.346 e. The Morgan fingerprint density at radius 3 is 1.79 bits per heavy atom. The van der Waals surface area contributed by atoms with E-state index in [9.17, 15) is 4.79 Å². The number of carboxylic acids is 1. The second-order valence-corrected chi connectivity index (χ2v) is 5.95. The Bertz CT molecular complexity index is 992. The summed E-state index contributed by atoms with van der Waals surface area (Å²) in [5, 5.41) is 17.6. The van der Waals surface area contributed by atoms with Gasteiger partial charge in [0.15, 0.2) is 0 Å². The molecule has 0 radical (unpaired) electrons. The molecule has 3 aromatic carbocycles. The summed E-state index contributed by atoms with van der Waals surface area (Å²) >= 11 is 0. The number of hydrogen-bond acceptors (Lipinski definition) is 3. The first-order valence-electron chi connectivity index (χ1n) is 8.71. The minimum Gasteiger partial charge on any atom is -0.477 e. The zero-order chi connectivity index (χ0) is 19.8. The molecule has 0 heterocycles. The maximum absolute atomic E-state index is 10.8. The van der Waals surface area contributed by atoms with Crippen LogP contribution in [0.5, 0.6) is 0 Å². The molecule has 28 heavy (non-hydrogen) atoms. The van der Waals surface area contributed by atoms with Gasteiger partial charge in [-0.05, 0) is 48.0 Å². The van der Waals surface area contributed by atoms with Gasteiger partial charge in [0.2, 0.25) is 0 Å². The average Bonchev–Trinajstić information content (AvgIpc) is 2.74. The molecular weight excluding hydrogens is 348 g/mol. The molecule has 0 aliphatic heterocycles. The molecule has 0 fully saturated rings. The van der Waals surface area contributed by atoms with Gasteiger partial charge >= 0.3 is 5.97 Å². The van der Waals surface area contributed by atoms with Gasteiger partial charge in [-0.3, -0.25) is 0 Å². The fraction of sp³-hybridized carbons (Fsp3) is 0. The highest BCUT2D eigenvalue weighted by Crippen LogP contribution is 2.34. The standard InChI is InChI=1S/C24H18N2O2/c25-18-20(24(27)28)9-7-8-19-14-16-23(17-15-19)26(21-10-3-1-4-11-21)22-12-5-2-6-13-22/h1-17H,(H,27,28)/b8-7+,20-9+. The summed E-state index contributed by atoms with van der Waals surface area (Å²) in [6.45, 7) is 0. The van der Waals surface area contributed by atoms with Crippen molar-refractivity contribution in [2.24, 2.45) is 0 Å². The van der Waals surface area contributed by atoms with Gasteiger partial charge in [-0.25, -0.2) is 4.79 Å². The molecule has 0 unspecified atom stereocenters. The molecule has 4 heteroatoms. The first kappa shape index (κ1) is 18.7. The van der Waals surface area contributed by atoms with E-state index in [0.717, 1.165) is 22.6 Å². The van der Waals surface area contributed by atoms with Gasteiger partial charge in [-0.2, -0.15) is 5.26 Å². The number of carboxylic acid groups (broad SMARTS) is 1. The average molecular weight is 366 g/mol. The van der Waals surface area contributed by atoms with E-state index in [2.05, 4.69) is 29.2 Å². The number of anilines is 3. The number of nitrogens with zero attached hydrogens (tertiary/aromatic N) is 2. The van der Waals surface area contributed by atoms with Crippen LogP contribution < -0.4 is 4.90 Å². The SMILES string of the molecule is N#C/C(=C\C=C\c1ccc(N(c2ccccc2)c2ccccc2)cc1)C(=O)O. The van der Waals surface area contributed by atoms with Gasteiger partial charge in [0.1, 0.15) is 11.6 Å². The second-order valence-electron chi connectivity index (χ2n) is 5.95. The second kappa shape index (κ2) is 9.02. The van der Waals surface area contributed by atoms with Crippen LogP contribution in [-0.4, -0.2) is 11.1 Å². The molecule has 4 nitrogen and oxygen atoms in total. The zero-order valence-corrected chi connectivity index (χ0v) is 15.1. The maximum atomic E-state index is 10.8. The summed E-state index contributed by atoms with van der Waals surface area (Å²) in [7, 11) is 0. The molecule has 0 bridgehead atoms. The van der Waals surface area contributed by atoms with E-state index >= 15 is 0 Å². The van der Waals surface area contributed by atoms with Gasteiger partial charge in [0.25, 0.3) is 0 Å². The predicted octanol–water partition coefficient (Wildman–Crippen LogP) is 5.70. The molecule has 3 aromatic rings. The maximum Gasteiger partial charge on any atom is 0.346 e. The van der Waals surface area contributed by atoms with Crippen molar-refractivity contribution in [1.82, 2.24) is 0 Å². The number of hydrogen-bond donors (Lipinski definition) is 1. The minimum absolute atomic E-state index is 0.299. The van der Waals surface area contributed by atoms with Crippen LogP contribution in [0.2, 0.25) is 0 Å². The van der Waals surface area contributed by atoms with E-state index in [1.54, 1.807) is 18.2 Å². The lowest BCUT2D eigenvalue weighted by molar-refractivity contribution is -0.132. The monoisotopic (exact) mass is 366 g/mol. The number of allylic oxidation sites excluding steroid dienone is 2. The highest BCUT2D eigenvalue weighted by Gasteiger charge is 2.11. The zero-order valence-electron chi connectivity index (χ0n) is 15.1. The van der Waals surface area contributed by atoms with Crippen LogP contribution in [0.3, 0.4) is 0 Å². The van der Waals surface area contributed by atoms with E-state index in [1.807, 2.05) is 60.7 Å². The van der Waals surface area contributed by atoms with Crippen LogP contribution in [-0.2, 0) is 4.79 Å². The quantitative estimate of drug-likeness (QED) is 0.345. The Labute approximate surface area is 163 Å². The number of benzene rings is 3. The van der Waals surface area contributed by atoms with Gasteiger partial charge < -0.3 is 10.0 Å². The molecule has 0 saturated carbocycles. The Kier molecular flexibility index (Phi) is 6.02. The van der Waals surface area contributed by atoms with Crippen LogP contribution in [0.25, 0.3) is 6.08 Å². The Balaban J connectivity index is 1.89. The van der Waals surface area contributed by atoms with E-state index in [0.29, 0.717) is 0 Å². The lowest BCUT2D eigenvalue weighted by Crippen LogP contribution is -2.09. The van der Waals surface area contributed by atoms with E-state index < -0.39 is 5.97 Å². The van der Waals surface area contributed by atoms with Gasteiger partial charge in [0, 0.05) is 17.1 Å². The Hall–Kier alpha value is -4.10. The molecule has 3 rings (SSSR count). The van der Waals surface area contributed by atoms with E-state index in [4.69, 9.17) is 10.4 Å². The molecule has 0 aliphatic rings. The molecule has 136 valence electrons. The van der Waals surface area contributed by atoms with Crippen molar-refractivity contribution in [3.8, 4) is 6.07 Å². The van der Waals surface area contributed by atoms with E-state index in [1.165, 1.54) is 6.08 Å². The highest BCUT2D eigenvalue weighted by molar-refractivity contribution is 5.91. The molecule has 0 aromatic heterocycles. The first-order chi connectivity index (χ1) is 13.7. The first-order valence-corrected chi connectivity index (χ1v) is 8.71. The molecular formula is C24H18N2O2. The third-order valence-electron chi connectivity index (χ3n) is 4.08. The van der Waals surface area contributed by atoms with Crippen LogP contribution in [0, 0.1) is 11.3 Å². The van der Waals surface area contributed by atoms with Crippen LogP contribution in [0.15, 0.2) is 103 Å². The van der Waals surface area contributed by atoms with Gasteiger partial charge in [0.05, 0.1) is 0 Å². The Morgan fingerprint density at radius 1 is 0.821 bits per heavy atom. The minimum atomic E-state index is -1.23. The topological polar surface area (TPSA) is 64.3 Å². The number of nitriles is 1. The van der Waals surface area contributed by atoms with Gasteiger partial charge in [-0.15, -0.1) is 0 Å². The number of rotatable bonds is 6. The molecule has 1 N–H and O–H groups in total. The summed E-state index contributed by atoms with van der Waals surface area (Å²) in [6.07, 6.45) is 4.61. The van der Waals surface area contributed by atoms with Crippen LogP contribution in [0.1, 0.15) is 5.56 Å². The van der Waals surface area contributed by atoms with Crippen LogP contribution in [0.4, 0.5) is 17.1 Å². The van der Waals surface area contributed by atoms with Crippen LogP contribution >= 0.6 is 0 Å². The fourth-order valence-electron chi connectivity index (χ4n) is 2.75. The largest absolute Gasteiger partial charge is 0.477 e. The fourth-order valence-corrected chi connectivity index (χ4v) is 2.75. The number of aliphatic carboxylic acids is 1. The lowest BCUT2D eigenvalue weighted by atomic mass is 10.1. The predicted molar refractivity (Wildman–Crippen MR) is 111 cm³/mol. The normalized spacial score (nSPS) is 11.2. The molecule has 0 spiro atoms. The molecule has 0 saturated heterocycles. The lowest BCUT2D eigenvalue weighted by Gasteiger charge is -2.25. The highest BCUT2D eigenvalue weighted by atomic mass is 16.4. The molecule has 0 atom stereocenters. The summed E-state index contributed by atoms with van der Waals surface area (Å²) in [5.74, 6) is -1.23. The Morgan fingerprint density at radius 2 is 1.32 bits per heavy atom. The van der Waals surface area contributed by atoms with Crippen molar-refractivity contribution in [1.29, 1.82) is 5.26 Å². The van der Waals surface area contributed by atoms with Crippen molar-refractivity contribution in [2.45, 2.75) is 0 Å². The van der Waals surface area contributed by atoms with Crippen molar-refractivity contribution < 1.29 is 9.90 Å². The number of carbonyl (C=O) groups is 1. The van der Waals surface area contributed by atoms with Crippen molar-refractivity contribution in [3.05, 3.63) is 108 Å². The summed E-state index contributed by atoms with van der Waals surface area (Å²) < 4.78 is 0. The van der Waals surface area contributed by atoms with Crippen molar-refractivity contribution in [2.75, 3.05) is 4.90 Å². The van der Waals surface area contributed by atoms with Gasteiger partial charge in [-0.1, -0.05) is 60.7 Å². The summed E-state index contributed by atoms with van der Waals surface area (Å²) in [6, 6.07) is 29.8. The number of para-hydroxylation sites is 2. The van der Waals surface area contributed by atoms with Crippen molar-refractivity contribution >= 4 is 29.1 Å². The van der Waals surface area contributed by atoms with Crippen molar-refractivity contribution in [3.63, 3.8) is 0 Å². The summed E-state index contributed by atoms with van der Waals surface area (Å²) in [5.41, 5.74) is 3.73. The molecule has 0 amide bonds.